The molecule has 2 rings (SSSR count). The van der Waals surface area contributed by atoms with E-state index in [1.807, 2.05) is 6.92 Å². The summed E-state index contributed by atoms with van der Waals surface area (Å²) < 4.78 is -0.637. The zero-order valence-electron chi connectivity index (χ0n) is 5.97. The zero-order chi connectivity index (χ0) is 7.90. The number of quaternary nitrogens is 1. The van der Waals surface area contributed by atoms with Gasteiger partial charge in [-0.05, 0) is 12.0 Å². The van der Waals surface area contributed by atoms with Gasteiger partial charge < -0.3 is 0 Å². The molecule has 0 saturated carbocycles. The molecule has 1 unspecified atom stereocenters. The Kier molecular flexibility index (Phi) is 1.07. The van der Waals surface area contributed by atoms with Crippen LogP contribution in [0.5, 0.6) is 0 Å². The second-order valence-electron chi connectivity index (χ2n) is 2.44. The Hall–Kier alpha value is -1.33. The Bertz CT molecular complexity index is 315. The lowest BCUT2D eigenvalue weighted by Gasteiger charge is -2.15. The molecule has 56 valence electrons. The molecule has 5 heteroatoms. The molecule has 0 bridgehead atoms. The van der Waals surface area contributed by atoms with E-state index in [4.69, 9.17) is 0 Å². The van der Waals surface area contributed by atoms with Crippen LogP contribution in [0.25, 0.3) is 0 Å². The molecule has 0 aromatic rings. The summed E-state index contributed by atoms with van der Waals surface area (Å²) >= 11 is 0. The van der Waals surface area contributed by atoms with Crippen molar-refractivity contribution in [2.45, 2.75) is 6.92 Å². The van der Waals surface area contributed by atoms with Crippen molar-refractivity contribution >= 4 is 18.5 Å². The average Bonchev–Trinajstić information content (AvgIpc) is 2.28. The predicted octanol–water partition coefficient (Wildman–Crippen LogP) is 0.493. The summed E-state index contributed by atoms with van der Waals surface area (Å²) in [5.74, 6) is 0.288. The lowest BCUT2D eigenvalue weighted by molar-refractivity contribution is -0.994. The van der Waals surface area contributed by atoms with Crippen molar-refractivity contribution in [2.24, 2.45) is 15.1 Å². The van der Waals surface area contributed by atoms with Crippen molar-refractivity contribution < 1.29 is 9.96 Å². The van der Waals surface area contributed by atoms with Gasteiger partial charge in [-0.25, -0.2) is 0 Å². The number of hydrogen-bond donors (Lipinski definition) is 1. The van der Waals surface area contributed by atoms with Crippen molar-refractivity contribution in [3.05, 3.63) is 11.8 Å². The lowest BCUT2D eigenvalue weighted by Crippen LogP contribution is -2.38. The van der Waals surface area contributed by atoms with Crippen molar-refractivity contribution in [1.29, 1.82) is 0 Å². The van der Waals surface area contributed by atoms with E-state index in [9.17, 15) is 5.21 Å². The number of hydrogen-bond acceptors (Lipinski definition) is 4. The number of fused-ring (bicyclic) bond motifs is 1. The van der Waals surface area contributed by atoms with E-state index in [0.717, 1.165) is 5.57 Å². The van der Waals surface area contributed by atoms with E-state index < -0.39 is 4.76 Å². The van der Waals surface area contributed by atoms with E-state index >= 15 is 0 Å². The Morgan fingerprint density at radius 1 is 1.55 bits per heavy atom. The standard InChI is InChI=1S/C6H7N4O/c1-5-2-7-6-8-4-9-10(6,11)3-5/h2-4,11H,1H3/q+1. The highest BCUT2D eigenvalue weighted by Gasteiger charge is 2.37. The molecule has 2 heterocycles. The van der Waals surface area contributed by atoms with Gasteiger partial charge in [0.05, 0.1) is 0 Å². The van der Waals surface area contributed by atoms with Crippen LogP contribution >= 0.6 is 0 Å². The smallest absolute Gasteiger partial charge is 0.180 e. The molecular weight excluding hydrogens is 144 g/mol. The maximum Gasteiger partial charge on any atom is 0.396 e. The van der Waals surface area contributed by atoms with Crippen molar-refractivity contribution in [3.63, 3.8) is 0 Å². The van der Waals surface area contributed by atoms with E-state index in [2.05, 4.69) is 15.1 Å². The maximum absolute atomic E-state index is 9.60. The Morgan fingerprint density at radius 3 is 3.18 bits per heavy atom. The van der Waals surface area contributed by atoms with Crippen LogP contribution in [0.3, 0.4) is 0 Å². The van der Waals surface area contributed by atoms with E-state index in [1.165, 1.54) is 6.34 Å². The normalized spacial score (nSPS) is 33.3. The second kappa shape index (κ2) is 1.84. The summed E-state index contributed by atoms with van der Waals surface area (Å²) in [4.78, 5) is 7.67. The third kappa shape index (κ3) is 0.821. The first-order chi connectivity index (χ1) is 5.21. The number of allylic oxidation sites excluding steroid dienone is 1. The van der Waals surface area contributed by atoms with Crippen LogP contribution in [-0.4, -0.2) is 28.5 Å². The van der Waals surface area contributed by atoms with Gasteiger partial charge >= 0.3 is 5.96 Å². The molecule has 5 nitrogen and oxygen atoms in total. The van der Waals surface area contributed by atoms with Crippen LogP contribution in [-0.2, 0) is 0 Å². The summed E-state index contributed by atoms with van der Waals surface area (Å²) in [6.45, 7) is 1.84. The molecule has 0 aromatic heterocycles. The van der Waals surface area contributed by atoms with Gasteiger partial charge in [0.2, 0.25) is 0 Å². The number of hydroxylamine groups is 2. The first kappa shape index (κ1) is 6.38. The maximum atomic E-state index is 9.60. The minimum Gasteiger partial charge on any atom is -0.180 e. The quantitative estimate of drug-likeness (QED) is 0.503. The molecule has 11 heavy (non-hydrogen) atoms. The SMILES string of the molecule is CC1=C[N+]2(O)N=CN=C2N=C1. The largest absolute Gasteiger partial charge is 0.396 e. The second-order valence-corrected chi connectivity index (χ2v) is 2.44. The highest BCUT2D eigenvalue weighted by Crippen LogP contribution is 2.17. The summed E-state index contributed by atoms with van der Waals surface area (Å²) in [5.41, 5.74) is 0.866. The number of nitrogens with zero attached hydrogens (tertiary/aromatic N) is 4. The van der Waals surface area contributed by atoms with E-state index in [0.29, 0.717) is 0 Å². The lowest BCUT2D eigenvalue weighted by atomic mass is 10.3. The molecule has 0 aliphatic carbocycles. The van der Waals surface area contributed by atoms with Gasteiger partial charge in [-0.3, -0.25) is 0 Å². The third-order valence-electron chi connectivity index (χ3n) is 1.46. The predicted molar refractivity (Wildman–Crippen MR) is 40.2 cm³/mol. The van der Waals surface area contributed by atoms with Gasteiger partial charge in [0.25, 0.3) is 0 Å². The molecule has 0 aromatic carbocycles. The number of guanidine groups is 1. The van der Waals surface area contributed by atoms with Crippen LogP contribution in [0.15, 0.2) is 26.9 Å². The van der Waals surface area contributed by atoms with Gasteiger partial charge in [-0.1, -0.05) is 0 Å². The van der Waals surface area contributed by atoms with Gasteiger partial charge in [0.1, 0.15) is 0 Å². The Balaban J connectivity index is 2.51. The van der Waals surface area contributed by atoms with Gasteiger partial charge in [-0.15, -0.1) is 0 Å². The summed E-state index contributed by atoms with van der Waals surface area (Å²) in [6.07, 6.45) is 4.50. The monoisotopic (exact) mass is 151 g/mol. The van der Waals surface area contributed by atoms with Crippen LogP contribution in [0.2, 0.25) is 0 Å². The summed E-state index contributed by atoms with van der Waals surface area (Å²) in [5, 5.41) is 13.3. The minimum absolute atomic E-state index is 0.288. The van der Waals surface area contributed by atoms with Gasteiger partial charge in [0, 0.05) is 16.5 Å². The molecule has 2 aliphatic rings. The molecule has 0 radical (unpaired) electrons. The van der Waals surface area contributed by atoms with Crippen molar-refractivity contribution in [2.75, 3.05) is 0 Å². The zero-order valence-corrected chi connectivity index (χ0v) is 5.97. The fraction of sp³-hybridized carbons (Fsp3) is 0.167. The molecule has 1 atom stereocenters. The molecule has 0 spiro atoms. The fourth-order valence-corrected chi connectivity index (χ4v) is 0.979. The molecule has 0 saturated heterocycles. The van der Waals surface area contributed by atoms with E-state index in [1.54, 1.807) is 12.4 Å². The first-order valence-electron chi connectivity index (χ1n) is 3.18. The highest BCUT2D eigenvalue weighted by molar-refractivity contribution is 5.96. The topological polar surface area (TPSA) is 57.3 Å². The third-order valence-corrected chi connectivity index (χ3v) is 1.46. The molecular formula is C6H7N4O+. The summed E-state index contributed by atoms with van der Waals surface area (Å²) in [7, 11) is 0. The fourth-order valence-electron chi connectivity index (χ4n) is 0.979. The van der Waals surface area contributed by atoms with Crippen LogP contribution in [0, 0.1) is 0 Å². The van der Waals surface area contributed by atoms with Crippen LogP contribution < -0.4 is 0 Å². The molecule has 0 amide bonds. The average molecular weight is 151 g/mol. The van der Waals surface area contributed by atoms with Crippen LogP contribution in [0.4, 0.5) is 0 Å². The Morgan fingerprint density at radius 2 is 2.36 bits per heavy atom. The van der Waals surface area contributed by atoms with Gasteiger partial charge in [-0.2, -0.15) is 15.2 Å². The van der Waals surface area contributed by atoms with E-state index in [-0.39, 0.29) is 5.96 Å². The number of rotatable bonds is 0. The van der Waals surface area contributed by atoms with Crippen molar-refractivity contribution in [1.82, 2.24) is 0 Å². The summed E-state index contributed by atoms with van der Waals surface area (Å²) in [6, 6.07) is 0. The molecule has 0 fully saturated rings. The van der Waals surface area contributed by atoms with Gasteiger partial charge in [0.15, 0.2) is 12.5 Å². The Labute approximate surface area is 63.2 Å². The minimum atomic E-state index is -0.637. The van der Waals surface area contributed by atoms with Crippen LogP contribution in [0.1, 0.15) is 6.92 Å². The molecule has 1 N–H and O–H groups in total. The number of aliphatic imine (C=N–C) groups is 2. The first-order valence-corrected chi connectivity index (χ1v) is 3.18. The highest BCUT2D eigenvalue weighted by atomic mass is 16.6. The molecule has 2 aliphatic heterocycles. The van der Waals surface area contributed by atoms with Crippen molar-refractivity contribution in [3.8, 4) is 0 Å².